The van der Waals surface area contributed by atoms with E-state index in [0.29, 0.717) is 44.5 Å². The maximum atomic E-state index is 12.2. The van der Waals surface area contributed by atoms with E-state index in [1.54, 1.807) is 9.58 Å². The molecule has 0 saturated carbocycles. The number of nitrogens with zero attached hydrogens (tertiary/aromatic N) is 3. The molecule has 1 aromatic rings. The monoisotopic (exact) mass is 308 g/mol. The Morgan fingerprint density at radius 3 is 2.73 bits per heavy atom. The average Bonchev–Trinajstić information content (AvgIpc) is 2.90. The normalized spacial score (nSPS) is 17.6. The van der Waals surface area contributed by atoms with Crippen LogP contribution in [0.4, 0.5) is 0 Å². The summed E-state index contributed by atoms with van der Waals surface area (Å²) in [6, 6.07) is 0. The molecular formula is C14H20N4O4. The molecule has 8 heteroatoms. The van der Waals surface area contributed by atoms with E-state index in [1.807, 2.05) is 6.92 Å². The molecule has 0 unspecified atom stereocenters. The van der Waals surface area contributed by atoms with Gasteiger partial charge in [-0.05, 0) is 6.92 Å². The molecule has 0 aromatic carbocycles. The van der Waals surface area contributed by atoms with Gasteiger partial charge >= 0.3 is 0 Å². The summed E-state index contributed by atoms with van der Waals surface area (Å²) in [5.74, 6) is 0.204. The highest BCUT2D eigenvalue weighted by Gasteiger charge is 2.24. The Hall–Kier alpha value is -2.09. The minimum absolute atomic E-state index is 0.0265. The number of hydrogen-bond acceptors (Lipinski definition) is 5. The number of aryl methyl sites for hydroxylation is 1. The van der Waals surface area contributed by atoms with E-state index in [9.17, 15) is 9.59 Å². The molecule has 1 aromatic heterocycles. The summed E-state index contributed by atoms with van der Waals surface area (Å²) in [7, 11) is 0. The van der Waals surface area contributed by atoms with Crippen molar-refractivity contribution in [2.24, 2.45) is 0 Å². The molecule has 1 N–H and O–H groups in total. The standard InChI is InChI=1S/C14H20N4O4/c1-10-12(16-18-3-2-6-22-14(10)18)13(20)15-9-11(19)17-4-7-21-8-5-17/h2-9H2,1H3,(H,15,20). The number of carbonyl (C=O) groups excluding carboxylic acids is 2. The first-order valence-corrected chi connectivity index (χ1v) is 7.51. The van der Waals surface area contributed by atoms with Crippen LogP contribution in [-0.2, 0) is 16.1 Å². The first kappa shape index (κ1) is 14.8. The lowest BCUT2D eigenvalue weighted by molar-refractivity contribution is -0.134. The van der Waals surface area contributed by atoms with Crippen molar-refractivity contribution in [2.75, 3.05) is 39.5 Å². The van der Waals surface area contributed by atoms with Crippen molar-refractivity contribution in [1.82, 2.24) is 20.0 Å². The van der Waals surface area contributed by atoms with Gasteiger partial charge in [-0.3, -0.25) is 9.59 Å². The third kappa shape index (κ3) is 2.92. The van der Waals surface area contributed by atoms with Crippen LogP contribution in [0.5, 0.6) is 5.88 Å². The molecule has 22 heavy (non-hydrogen) atoms. The molecule has 2 aliphatic heterocycles. The maximum Gasteiger partial charge on any atom is 0.272 e. The van der Waals surface area contributed by atoms with Gasteiger partial charge in [0.1, 0.15) is 0 Å². The number of hydrogen-bond donors (Lipinski definition) is 1. The van der Waals surface area contributed by atoms with Gasteiger partial charge in [0, 0.05) is 31.6 Å². The molecule has 0 bridgehead atoms. The van der Waals surface area contributed by atoms with Crippen molar-refractivity contribution >= 4 is 11.8 Å². The Kier molecular flexibility index (Phi) is 4.28. The number of amides is 2. The summed E-state index contributed by atoms with van der Waals surface area (Å²) in [5.41, 5.74) is 1.04. The summed E-state index contributed by atoms with van der Waals surface area (Å²) in [6.45, 7) is 5.40. The smallest absolute Gasteiger partial charge is 0.272 e. The van der Waals surface area contributed by atoms with E-state index in [0.717, 1.165) is 18.5 Å². The number of nitrogens with one attached hydrogen (secondary N) is 1. The molecule has 3 rings (SSSR count). The van der Waals surface area contributed by atoms with Crippen LogP contribution >= 0.6 is 0 Å². The topological polar surface area (TPSA) is 85.7 Å². The Morgan fingerprint density at radius 2 is 2.00 bits per heavy atom. The molecule has 0 radical (unpaired) electrons. The van der Waals surface area contributed by atoms with Gasteiger partial charge in [0.05, 0.1) is 26.4 Å². The second kappa shape index (κ2) is 6.35. The maximum absolute atomic E-state index is 12.2. The molecular weight excluding hydrogens is 288 g/mol. The lowest BCUT2D eigenvalue weighted by atomic mass is 10.2. The molecule has 1 saturated heterocycles. The molecule has 0 spiro atoms. The number of ether oxygens (including phenoxy) is 2. The van der Waals surface area contributed by atoms with Gasteiger partial charge in [-0.2, -0.15) is 5.10 Å². The second-order valence-corrected chi connectivity index (χ2v) is 5.38. The van der Waals surface area contributed by atoms with Crippen LogP contribution in [0.3, 0.4) is 0 Å². The van der Waals surface area contributed by atoms with Crippen molar-refractivity contribution in [2.45, 2.75) is 19.9 Å². The van der Waals surface area contributed by atoms with Crippen molar-refractivity contribution in [3.63, 3.8) is 0 Å². The van der Waals surface area contributed by atoms with Crippen LogP contribution in [0.1, 0.15) is 22.5 Å². The van der Waals surface area contributed by atoms with Crippen LogP contribution in [0.2, 0.25) is 0 Å². The van der Waals surface area contributed by atoms with Crippen LogP contribution in [-0.4, -0.2) is 65.9 Å². The van der Waals surface area contributed by atoms with Gasteiger partial charge < -0.3 is 19.7 Å². The van der Waals surface area contributed by atoms with Gasteiger partial charge in [0.2, 0.25) is 11.8 Å². The molecule has 8 nitrogen and oxygen atoms in total. The second-order valence-electron chi connectivity index (χ2n) is 5.38. The fourth-order valence-corrected chi connectivity index (χ4v) is 2.63. The Labute approximate surface area is 128 Å². The van der Waals surface area contributed by atoms with Crippen molar-refractivity contribution in [3.8, 4) is 5.88 Å². The summed E-state index contributed by atoms with van der Waals surface area (Å²) >= 11 is 0. The Balaban J connectivity index is 1.60. The molecule has 0 aliphatic carbocycles. The zero-order valence-corrected chi connectivity index (χ0v) is 12.6. The van der Waals surface area contributed by atoms with Crippen LogP contribution in [0, 0.1) is 6.92 Å². The Morgan fingerprint density at radius 1 is 1.23 bits per heavy atom. The summed E-state index contributed by atoms with van der Waals surface area (Å²) in [4.78, 5) is 25.9. The number of morpholine rings is 1. The number of rotatable bonds is 3. The lowest BCUT2D eigenvalue weighted by Gasteiger charge is -2.26. The van der Waals surface area contributed by atoms with Crippen LogP contribution in [0.15, 0.2) is 0 Å². The van der Waals surface area contributed by atoms with Gasteiger partial charge in [0.25, 0.3) is 5.91 Å². The quantitative estimate of drug-likeness (QED) is 0.818. The first-order chi connectivity index (χ1) is 10.7. The zero-order chi connectivity index (χ0) is 15.5. The third-order valence-corrected chi connectivity index (χ3v) is 3.86. The highest BCUT2D eigenvalue weighted by molar-refractivity contribution is 5.96. The van der Waals surface area contributed by atoms with Crippen LogP contribution in [0.25, 0.3) is 0 Å². The van der Waals surface area contributed by atoms with Gasteiger partial charge in [-0.25, -0.2) is 4.68 Å². The number of fused-ring (bicyclic) bond motifs is 1. The lowest BCUT2D eigenvalue weighted by Crippen LogP contribution is -2.45. The SMILES string of the molecule is Cc1c(C(=O)NCC(=O)N2CCOCC2)nn2c1OCCC2. The third-order valence-electron chi connectivity index (χ3n) is 3.86. The van der Waals surface area contributed by atoms with E-state index in [-0.39, 0.29) is 18.4 Å². The molecule has 0 atom stereocenters. The number of carbonyl (C=O) groups is 2. The molecule has 2 amide bonds. The van der Waals surface area contributed by atoms with E-state index in [2.05, 4.69) is 10.4 Å². The minimum Gasteiger partial charge on any atom is -0.478 e. The summed E-state index contributed by atoms with van der Waals surface area (Å²) in [5, 5.41) is 6.92. The molecule has 2 aliphatic rings. The van der Waals surface area contributed by atoms with Crippen molar-refractivity contribution < 1.29 is 19.1 Å². The predicted octanol–water partition coefficient (Wildman–Crippen LogP) is -0.437. The molecule has 120 valence electrons. The minimum atomic E-state index is -0.343. The van der Waals surface area contributed by atoms with Gasteiger partial charge in [-0.15, -0.1) is 0 Å². The summed E-state index contributed by atoms with van der Waals surface area (Å²) < 4.78 is 12.4. The van der Waals surface area contributed by atoms with Crippen molar-refractivity contribution in [3.05, 3.63) is 11.3 Å². The van der Waals surface area contributed by atoms with Crippen LogP contribution < -0.4 is 10.1 Å². The highest BCUT2D eigenvalue weighted by atomic mass is 16.5. The zero-order valence-electron chi connectivity index (χ0n) is 12.6. The van der Waals surface area contributed by atoms with E-state index in [1.165, 1.54) is 0 Å². The average molecular weight is 308 g/mol. The highest BCUT2D eigenvalue weighted by Crippen LogP contribution is 2.24. The van der Waals surface area contributed by atoms with E-state index < -0.39 is 0 Å². The summed E-state index contributed by atoms with van der Waals surface area (Å²) in [6.07, 6.45) is 0.880. The largest absolute Gasteiger partial charge is 0.478 e. The fourth-order valence-electron chi connectivity index (χ4n) is 2.63. The van der Waals surface area contributed by atoms with Gasteiger partial charge in [0.15, 0.2) is 5.69 Å². The Bertz CT molecular complexity index is 578. The predicted molar refractivity (Wildman–Crippen MR) is 76.8 cm³/mol. The van der Waals surface area contributed by atoms with Gasteiger partial charge in [-0.1, -0.05) is 0 Å². The van der Waals surface area contributed by atoms with Crippen molar-refractivity contribution in [1.29, 1.82) is 0 Å². The molecule has 1 fully saturated rings. The van der Waals surface area contributed by atoms with E-state index in [4.69, 9.17) is 9.47 Å². The van der Waals surface area contributed by atoms with E-state index >= 15 is 0 Å². The molecule has 3 heterocycles. The first-order valence-electron chi connectivity index (χ1n) is 7.51. The number of aromatic nitrogens is 2. The fraction of sp³-hybridized carbons (Fsp3) is 0.643.